The Morgan fingerprint density at radius 1 is 1.54 bits per heavy atom. The minimum absolute atomic E-state index is 0.873. The number of fused-ring (bicyclic) bond motifs is 1. The molecule has 0 saturated heterocycles. The zero-order chi connectivity index (χ0) is 9.10. The van der Waals surface area contributed by atoms with E-state index in [1.54, 1.807) is 0 Å². The first kappa shape index (κ1) is 8.51. The molecule has 1 N–H and O–H groups in total. The van der Waals surface area contributed by atoms with E-state index in [2.05, 4.69) is 38.0 Å². The van der Waals surface area contributed by atoms with Gasteiger partial charge in [-0.1, -0.05) is 28.1 Å². The molecule has 0 fully saturated rings. The van der Waals surface area contributed by atoms with Gasteiger partial charge in [0.2, 0.25) is 0 Å². The van der Waals surface area contributed by atoms with Crippen LogP contribution in [0.5, 0.6) is 0 Å². The van der Waals surface area contributed by atoms with Gasteiger partial charge in [0.05, 0.1) is 0 Å². The first-order chi connectivity index (χ1) is 6.40. The maximum atomic E-state index is 4.27. The molecule has 0 spiro atoms. The quantitative estimate of drug-likeness (QED) is 0.799. The van der Waals surface area contributed by atoms with Crippen LogP contribution in [0.3, 0.4) is 0 Å². The van der Waals surface area contributed by atoms with E-state index in [-0.39, 0.29) is 0 Å². The lowest BCUT2D eigenvalue weighted by Gasteiger charge is -1.92. The SMILES string of the molecule is BrCC=Cc1cnc2[nH]ccc2c1. The van der Waals surface area contributed by atoms with E-state index in [0.29, 0.717) is 0 Å². The molecule has 3 heteroatoms. The molecule has 0 amide bonds. The Bertz CT molecular complexity index is 431. The minimum Gasteiger partial charge on any atom is -0.346 e. The van der Waals surface area contributed by atoms with Crippen molar-refractivity contribution < 1.29 is 0 Å². The second-order valence-electron chi connectivity index (χ2n) is 2.74. The number of nitrogens with zero attached hydrogens (tertiary/aromatic N) is 1. The summed E-state index contributed by atoms with van der Waals surface area (Å²) in [6.07, 6.45) is 7.86. The summed E-state index contributed by atoms with van der Waals surface area (Å²) < 4.78 is 0. The van der Waals surface area contributed by atoms with Crippen molar-refractivity contribution in [3.05, 3.63) is 36.2 Å². The van der Waals surface area contributed by atoms with Crippen molar-refractivity contribution >= 4 is 33.0 Å². The molecule has 0 saturated carbocycles. The molecule has 0 aromatic carbocycles. The number of hydrogen-bond donors (Lipinski definition) is 1. The Balaban J connectivity index is 2.42. The molecule has 0 atom stereocenters. The Hall–Kier alpha value is -1.09. The molecule has 2 heterocycles. The van der Waals surface area contributed by atoms with Crippen LogP contribution in [0.15, 0.2) is 30.6 Å². The maximum absolute atomic E-state index is 4.27. The van der Waals surface area contributed by atoms with Crippen LogP contribution in [0.1, 0.15) is 5.56 Å². The van der Waals surface area contributed by atoms with Crippen LogP contribution in [0, 0.1) is 0 Å². The standard InChI is InChI=1S/C10H9BrN2/c11-4-1-2-8-6-9-3-5-12-10(9)13-7-8/h1-3,5-7H,4H2,(H,12,13). The van der Waals surface area contributed by atoms with Crippen LogP contribution in [0.25, 0.3) is 17.1 Å². The first-order valence-corrected chi connectivity index (χ1v) is 5.18. The van der Waals surface area contributed by atoms with E-state index in [1.807, 2.05) is 24.5 Å². The second kappa shape index (κ2) is 3.75. The molecular formula is C10H9BrN2. The summed E-state index contributed by atoms with van der Waals surface area (Å²) in [6.45, 7) is 0. The van der Waals surface area contributed by atoms with Gasteiger partial charge >= 0.3 is 0 Å². The van der Waals surface area contributed by atoms with Gasteiger partial charge in [-0.05, 0) is 17.7 Å². The van der Waals surface area contributed by atoms with Crippen molar-refractivity contribution in [1.82, 2.24) is 9.97 Å². The monoisotopic (exact) mass is 236 g/mol. The molecule has 2 aromatic rings. The van der Waals surface area contributed by atoms with E-state index in [4.69, 9.17) is 0 Å². The Morgan fingerprint density at radius 2 is 2.46 bits per heavy atom. The fourth-order valence-electron chi connectivity index (χ4n) is 1.23. The van der Waals surface area contributed by atoms with Gasteiger partial charge in [0.1, 0.15) is 5.65 Å². The van der Waals surface area contributed by atoms with Crippen molar-refractivity contribution in [2.75, 3.05) is 5.33 Å². The van der Waals surface area contributed by atoms with Gasteiger partial charge in [0, 0.05) is 23.1 Å². The van der Waals surface area contributed by atoms with E-state index in [1.165, 1.54) is 0 Å². The van der Waals surface area contributed by atoms with Crippen LogP contribution < -0.4 is 0 Å². The lowest BCUT2D eigenvalue weighted by Crippen LogP contribution is -1.78. The topological polar surface area (TPSA) is 28.7 Å². The third-order valence-electron chi connectivity index (χ3n) is 1.82. The predicted molar refractivity (Wildman–Crippen MR) is 58.9 cm³/mol. The summed E-state index contributed by atoms with van der Waals surface area (Å²) in [5, 5.41) is 2.02. The summed E-state index contributed by atoms with van der Waals surface area (Å²) >= 11 is 3.34. The molecule has 13 heavy (non-hydrogen) atoms. The zero-order valence-electron chi connectivity index (χ0n) is 7.00. The molecule has 0 aliphatic rings. The lowest BCUT2D eigenvalue weighted by molar-refractivity contribution is 1.32. The third-order valence-corrected chi connectivity index (χ3v) is 2.19. The molecule has 0 radical (unpaired) electrons. The molecule has 2 aromatic heterocycles. The Kier molecular flexibility index (Phi) is 2.45. The summed E-state index contributed by atoms with van der Waals surface area (Å²) in [4.78, 5) is 7.33. The first-order valence-electron chi connectivity index (χ1n) is 4.06. The number of alkyl halides is 1. The fraction of sp³-hybridized carbons (Fsp3) is 0.100. The summed E-state index contributed by atoms with van der Waals surface area (Å²) in [5.74, 6) is 0. The van der Waals surface area contributed by atoms with E-state index < -0.39 is 0 Å². The molecule has 66 valence electrons. The maximum Gasteiger partial charge on any atom is 0.137 e. The molecule has 0 aliphatic carbocycles. The van der Waals surface area contributed by atoms with E-state index in [9.17, 15) is 0 Å². The van der Waals surface area contributed by atoms with Crippen molar-refractivity contribution in [2.45, 2.75) is 0 Å². The Morgan fingerprint density at radius 3 is 3.31 bits per heavy atom. The van der Waals surface area contributed by atoms with Gasteiger partial charge < -0.3 is 4.98 Å². The van der Waals surface area contributed by atoms with Crippen LogP contribution in [-0.2, 0) is 0 Å². The van der Waals surface area contributed by atoms with Gasteiger partial charge in [-0.15, -0.1) is 0 Å². The van der Waals surface area contributed by atoms with Crippen molar-refractivity contribution in [3.63, 3.8) is 0 Å². The minimum atomic E-state index is 0.873. The average Bonchev–Trinajstić information content (AvgIpc) is 2.61. The molecule has 2 rings (SSSR count). The number of halogens is 1. The number of aromatic nitrogens is 2. The van der Waals surface area contributed by atoms with Crippen molar-refractivity contribution in [2.24, 2.45) is 0 Å². The van der Waals surface area contributed by atoms with E-state index >= 15 is 0 Å². The highest BCUT2D eigenvalue weighted by atomic mass is 79.9. The number of aromatic amines is 1. The third kappa shape index (κ3) is 1.80. The highest BCUT2D eigenvalue weighted by Gasteiger charge is 1.94. The normalized spacial score (nSPS) is 11.5. The second-order valence-corrected chi connectivity index (χ2v) is 3.39. The number of pyridine rings is 1. The largest absolute Gasteiger partial charge is 0.346 e. The highest BCUT2D eigenvalue weighted by Crippen LogP contribution is 2.12. The molecule has 0 aliphatic heterocycles. The lowest BCUT2D eigenvalue weighted by atomic mass is 10.2. The number of hydrogen-bond acceptors (Lipinski definition) is 1. The summed E-state index contributed by atoms with van der Waals surface area (Å²) in [7, 11) is 0. The number of nitrogens with one attached hydrogen (secondary N) is 1. The highest BCUT2D eigenvalue weighted by molar-refractivity contribution is 9.09. The van der Waals surface area contributed by atoms with Crippen molar-refractivity contribution in [3.8, 4) is 0 Å². The van der Waals surface area contributed by atoms with Gasteiger partial charge in [0.15, 0.2) is 0 Å². The van der Waals surface area contributed by atoms with Gasteiger partial charge in [0.25, 0.3) is 0 Å². The zero-order valence-corrected chi connectivity index (χ0v) is 8.58. The van der Waals surface area contributed by atoms with Crippen molar-refractivity contribution in [1.29, 1.82) is 0 Å². The summed E-state index contributed by atoms with van der Waals surface area (Å²) in [5.41, 5.74) is 2.07. The number of rotatable bonds is 2. The van der Waals surface area contributed by atoms with Gasteiger partial charge in [-0.3, -0.25) is 0 Å². The molecule has 2 nitrogen and oxygen atoms in total. The van der Waals surface area contributed by atoms with Crippen LogP contribution in [0.2, 0.25) is 0 Å². The summed E-state index contributed by atoms with van der Waals surface area (Å²) in [6, 6.07) is 4.13. The molecule has 0 unspecified atom stereocenters. The van der Waals surface area contributed by atoms with Crippen LogP contribution >= 0.6 is 15.9 Å². The number of H-pyrrole nitrogens is 1. The van der Waals surface area contributed by atoms with Gasteiger partial charge in [-0.25, -0.2) is 4.98 Å². The van der Waals surface area contributed by atoms with E-state index in [0.717, 1.165) is 21.9 Å². The average molecular weight is 237 g/mol. The molecule has 0 bridgehead atoms. The van der Waals surface area contributed by atoms with Crippen LogP contribution in [-0.4, -0.2) is 15.3 Å². The molecular weight excluding hydrogens is 228 g/mol. The number of allylic oxidation sites excluding steroid dienone is 1. The smallest absolute Gasteiger partial charge is 0.137 e. The fourth-order valence-corrected chi connectivity index (χ4v) is 1.42. The van der Waals surface area contributed by atoms with Gasteiger partial charge in [-0.2, -0.15) is 0 Å². The predicted octanol–water partition coefficient (Wildman–Crippen LogP) is 2.97. The van der Waals surface area contributed by atoms with Crippen LogP contribution in [0.4, 0.5) is 0 Å². The Labute approximate surface area is 84.8 Å².